The zero-order valence-electron chi connectivity index (χ0n) is 21.1. The van der Waals surface area contributed by atoms with Crippen molar-refractivity contribution in [3.05, 3.63) is 77.5 Å². The Hall–Kier alpha value is -3.40. The lowest BCUT2D eigenvalue weighted by atomic mass is 9.91. The van der Waals surface area contributed by atoms with E-state index in [-0.39, 0.29) is 18.1 Å². The first-order valence-electron chi connectivity index (χ1n) is 12.7. The maximum absolute atomic E-state index is 13.9. The maximum atomic E-state index is 13.9. The number of halogens is 2. The first-order chi connectivity index (χ1) is 18.4. The lowest BCUT2D eigenvalue weighted by Gasteiger charge is -2.38. The molecule has 1 aliphatic rings. The van der Waals surface area contributed by atoms with E-state index in [1.807, 2.05) is 18.2 Å². The number of hydrogen-bond donors (Lipinski definition) is 3. The highest BCUT2D eigenvalue weighted by atomic mass is 19.1. The van der Waals surface area contributed by atoms with E-state index in [0.717, 1.165) is 53.6 Å². The number of methoxy groups -OCH3 is 1. The number of benzene rings is 2. The molecule has 1 amide bonds. The summed E-state index contributed by atoms with van der Waals surface area (Å²) >= 11 is 0. The predicted octanol–water partition coefficient (Wildman–Crippen LogP) is 3.94. The minimum atomic E-state index is -0.994. The number of nitrogens with one attached hydrogen (secondary N) is 1. The van der Waals surface area contributed by atoms with Gasteiger partial charge in [-0.1, -0.05) is 12.1 Å². The van der Waals surface area contributed by atoms with Crippen molar-refractivity contribution >= 4 is 22.9 Å². The smallest absolute Gasteiger partial charge is 0.244 e. The molecule has 1 fully saturated rings. The summed E-state index contributed by atoms with van der Waals surface area (Å²) in [5.41, 5.74) is 1.97. The monoisotopic (exact) mass is 526 g/mol. The van der Waals surface area contributed by atoms with Gasteiger partial charge in [0.2, 0.25) is 5.91 Å². The molecule has 4 atom stereocenters. The molecule has 0 spiro atoms. The number of aliphatic hydroxyl groups is 2. The second-order valence-corrected chi connectivity index (χ2v) is 9.46. The van der Waals surface area contributed by atoms with Crippen molar-refractivity contribution in [2.45, 2.75) is 56.5 Å². The van der Waals surface area contributed by atoms with Gasteiger partial charge in [0.15, 0.2) is 0 Å². The number of nitrogens with zero attached hydrogens (tertiary/aromatic N) is 1. The SMILES string of the molecule is COc1cnc2cccc(CC[C@@H]3CC[C@@H](NC(=O)C=Cc4cc(F)ccc4F)[C@@H](C[C@H](O)CO)O3)c2c1. The number of amides is 1. The molecule has 38 heavy (non-hydrogen) atoms. The summed E-state index contributed by atoms with van der Waals surface area (Å²) in [6.07, 6.45) is 5.33. The Morgan fingerprint density at radius 2 is 2.11 bits per heavy atom. The molecule has 4 rings (SSSR count). The maximum Gasteiger partial charge on any atom is 0.244 e. The molecular weight excluding hydrogens is 494 g/mol. The Balaban J connectivity index is 1.40. The summed E-state index contributed by atoms with van der Waals surface area (Å²) in [6, 6.07) is 10.5. The van der Waals surface area contributed by atoms with Gasteiger partial charge in [0.05, 0.1) is 49.8 Å². The number of aryl methyl sites for hydroxylation is 1. The van der Waals surface area contributed by atoms with E-state index >= 15 is 0 Å². The highest BCUT2D eigenvalue weighted by molar-refractivity contribution is 5.92. The van der Waals surface area contributed by atoms with E-state index in [9.17, 15) is 23.8 Å². The zero-order chi connectivity index (χ0) is 27.1. The first kappa shape index (κ1) is 27.6. The van der Waals surface area contributed by atoms with E-state index in [0.29, 0.717) is 18.6 Å². The lowest BCUT2D eigenvalue weighted by molar-refractivity contribution is -0.124. The molecule has 2 aromatic carbocycles. The molecule has 202 valence electrons. The van der Waals surface area contributed by atoms with Crippen molar-refractivity contribution < 1.29 is 33.3 Å². The van der Waals surface area contributed by atoms with Gasteiger partial charge < -0.3 is 25.0 Å². The quantitative estimate of drug-likeness (QED) is 0.346. The number of aromatic nitrogens is 1. The highest BCUT2D eigenvalue weighted by Gasteiger charge is 2.33. The average Bonchev–Trinajstić information content (AvgIpc) is 2.93. The van der Waals surface area contributed by atoms with Gasteiger partial charge in [-0.2, -0.15) is 0 Å². The van der Waals surface area contributed by atoms with E-state index in [1.165, 1.54) is 6.08 Å². The topological polar surface area (TPSA) is 101 Å². The second-order valence-electron chi connectivity index (χ2n) is 9.46. The predicted molar refractivity (Wildman–Crippen MR) is 140 cm³/mol. The highest BCUT2D eigenvalue weighted by Crippen LogP contribution is 2.28. The lowest BCUT2D eigenvalue weighted by Crippen LogP contribution is -2.50. The van der Waals surface area contributed by atoms with Crippen molar-refractivity contribution in [3.63, 3.8) is 0 Å². The number of ether oxygens (including phenoxy) is 2. The number of rotatable bonds is 10. The molecule has 0 radical (unpaired) electrons. The van der Waals surface area contributed by atoms with Crippen LogP contribution >= 0.6 is 0 Å². The number of pyridine rings is 1. The molecule has 1 aromatic heterocycles. The first-order valence-corrected chi connectivity index (χ1v) is 12.7. The van der Waals surface area contributed by atoms with Crippen LogP contribution < -0.4 is 10.1 Å². The molecule has 9 heteroatoms. The third kappa shape index (κ3) is 7.12. The van der Waals surface area contributed by atoms with Gasteiger partial charge in [-0.05, 0) is 67.7 Å². The molecular formula is C29H32F2N2O5. The van der Waals surface area contributed by atoms with Crippen LogP contribution in [0.2, 0.25) is 0 Å². The molecule has 0 saturated carbocycles. The van der Waals surface area contributed by atoms with Crippen LogP contribution in [-0.2, 0) is 16.0 Å². The fraction of sp³-hybridized carbons (Fsp3) is 0.379. The van der Waals surface area contributed by atoms with Gasteiger partial charge in [-0.3, -0.25) is 9.78 Å². The van der Waals surface area contributed by atoms with E-state index in [1.54, 1.807) is 13.3 Å². The van der Waals surface area contributed by atoms with Crippen LogP contribution in [-0.4, -0.2) is 59.2 Å². The summed E-state index contributed by atoms with van der Waals surface area (Å²) in [6.45, 7) is -0.422. The normalized spacial score (nSPS) is 20.5. The second kappa shape index (κ2) is 12.9. The number of fused-ring (bicyclic) bond motifs is 1. The van der Waals surface area contributed by atoms with E-state index in [2.05, 4.69) is 16.4 Å². The number of carbonyl (C=O) groups excluding carboxylic acids is 1. The minimum Gasteiger partial charge on any atom is -0.495 e. The summed E-state index contributed by atoms with van der Waals surface area (Å²) < 4.78 is 38.9. The van der Waals surface area contributed by atoms with Crippen LogP contribution in [0.3, 0.4) is 0 Å². The summed E-state index contributed by atoms with van der Waals surface area (Å²) in [5.74, 6) is -1.04. The number of hydrogen-bond acceptors (Lipinski definition) is 6. The molecule has 1 saturated heterocycles. The van der Waals surface area contributed by atoms with Crippen LogP contribution in [0.5, 0.6) is 5.75 Å². The van der Waals surface area contributed by atoms with Crippen molar-refractivity contribution in [2.75, 3.05) is 13.7 Å². The van der Waals surface area contributed by atoms with E-state index < -0.39 is 42.4 Å². The van der Waals surface area contributed by atoms with E-state index in [4.69, 9.17) is 9.47 Å². The summed E-state index contributed by atoms with van der Waals surface area (Å²) in [5, 5.41) is 23.3. The zero-order valence-corrected chi connectivity index (χ0v) is 21.1. The average molecular weight is 527 g/mol. The Bertz CT molecular complexity index is 1290. The molecule has 3 N–H and O–H groups in total. The van der Waals surface area contributed by atoms with Crippen LogP contribution in [0.15, 0.2) is 54.7 Å². The molecule has 0 unspecified atom stereocenters. The third-order valence-electron chi connectivity index (χ3n) is 6.79. The largest absolute Gasteiger partial charge is 0.495 e. The third-order valence-corrected chi connectivity index (χ3v) is 6.79. The van der Waals surface area contributed by atoms with Crippen LogP contribution in [0.4, 0.5) is 8.78 Å². The van der Waals surface area contributed by atoms with Crippen molar-refractivity contribution in [1.29, 1.82) is 0 Å². The van der Waals surface area contributed by atoms with Crippen molar-refractivity contribution in [3.8, 4) is 5.75 Å². The van der Waals surface area contributed by atoms with Gasteiger partial charge in [0, 0.05) is 23.4 Å². The standard InChI is InChI=1S/C29H32F2N2O5/c1-37-23-15-24-18(3-2-4-26(24)32-16-23)5-8-22-9-11-27(28(38-22)14-21(35)17-34)33-29(36)12-6-19-13-20(30)7-10-25(19)31/h2-4,6-7,10,12-13,15-16,21-22,27-28,34-35H,5,8-9,11,14,17H2,1H3,(H,33,36)/t21-,22+,27+,28+/m0/s1. The minimum absolute atomic E-state index is 0.0337. The molecule has 0 aliphatic carbocycles. The molecule has 0 bridgehead atoms. The van der Waals surface area contributed by atoms with Gasteiger partial charge in [-0.15, -0.1) is 0 Å². The van der Waals surface area contributed by atoms with Gasteiger partial charge in [-0.25, -0.2) is 8.78 Å². The van der Waals surface area contributed by atoms with Crippen molar-refractivity contribution in [2.24, 2.45) is 0 Å². The molecule has 3 aromatic rings. The van der Waals surface area contributed by atoms with Crippen molar-refractivity contribution in [1.82, 2.24) is 10.3 Å². The molecule has 1 aliphatic heterocycles. The van der Waals surface area contributed by atoms with Gasteiger partial charge in [0.1, 0.15) is 17.4 Å². The van der Waals surface area contributed by atoms with Gasteiger partial charge in [0.25, 0.3) is 0 Å². The molecule has 2 heterocycles. The van der Waals surface area contributed by atoms with Crippen LogP contribution in [0.25, 0.3) is 17.0 Å². The Kier molecular flexibility index (Phi) is 9.38. The molecule has 7 nitrogen and oxygen atoms in total. The number of aliphatic hydroxyl groups excluding tert-OH is 2. The Morgan fingerprint density at radius 1 is 1.26 bits per heavy atom. The summed E-state index contributed by atoms with van der Waals surface area (Å²) in [7, 11) is 1.60. The Morgan fingerprint density at radius 3 is 2.89 bits per heavy atom. The fourth-order valence-corrected chi connectivity index (χ4v) is 4.78. The summed E-state index contributed by atoms with van der Waals surface area (Å²) in [4.78, 5) is 17.0. The van der Waals surface area contributed by atoms with Gasteiger partial charge >= 0.3 is 0 Å². The van der Waals surface area contributed by atoms with Crippen LogP contribution in [0.1, 0.15) is 36.8 Å². The van der Waals surface area contributed by atoms with Crippen LogP contribution in [0, 0.1) is 11.6 Å². The number of carbonyl (C=O) groups is 1. The fourth-order valence-electron chi connectivity index (χ4n) is 4.78. The Labute approximate surface area is 220 Å².